The first-order valence-electron chi connectivity index (χ1n) is 8.00. The molecule has 1 atom stereocenters. The number of aromatic nitrogens is 1. The number of carbonyl (C=O) groups excluding carboxylic acids is 2. The van der Waals surface area contributed by atoms with E-state index in [-0.39, 0.29) is 17.5 Å². The number of hydrogen-bond acceptors (Lipinski definition) is 3. The highest BCUT2D eigenvalue weighted by Gasteiger charge is 2.38. The second-order valence-electron chi connectivity index (χ2n) is 5.79. The summed E-state index contributed by atoms with van der Waals surface area (Å²) in [6.07, 6.45) is 2.67. The van der Waals surface area contributed by atoms with Gasteiger partial charge in [-0.1, -0.05) is 22.0 Å². The second-order valence-corrected chi connectivity index (χ2v) is 6.70. The van der Waals surface area contributed by atoms with Crippen LogP contribution in [0.4, 0.5) is 10.1 Å². The molecule has 1 fully saturated rings. The van der Waals surface area contributed by atoms with Crippen molar-refractivity contribution >= 4 is 33.4 Å². The summed E-state index contributed by atoms with van der Waals surface area (Å²) < 4.78 is 14.7. The van der Waals surface area contributed by atoms with Crippen molar-refractivity contribution < 1.29 is 14.0 Å². The maximum absolute atomic E-state index is 14.1. The number of nitrogens with zero attached hydrogens (tertiary/aromatic N) is 2. The first-order valence-corrected chi connectivity index (χ1v) is 8.79. The molecule has 0 unspecified atom stereocenters. The van der Waals surface area contributed by atoms with Crippen molar-refractivity contribution in [3.05, 3.63) is 58.6 Å². The van der Waals surface area contributed by atoms with E-state index in [1.54, 1.807) is 18.3 Å². The molecule has 2 heterocycles. The fraction of sp³-hybridized carbons (Fsp3) is 0.278. The van der Waals surface area contributed by atoms with Crippen LogP contribution in [0.25, 0.3) is 0 Å². The van der Waals surface area contributed by atoms with Crippen molar-refractivity contribution in [3.63, 3.8) is 0 Å². The van der Waals surface area contributed by atoms with Gasteiger partial charge in [0.25, 0.3) is 0 Å². The molecule has 1 N–H and O–H groups in total. The zero-order valence-corrected chi connectivity index (χ0v) is 15.0. The molecule has 7 heteroatoms. The lowest BCUT2D eigenvalue weighted by atomic mass is 10.1. The Hall–Kier alpha value is -2.28. The molecular weight excluding hydrogens is 389 g/mol. The molecule has 1 aromatic heterocycles. The molecule has 3 rings (SSSR count). The van der Waals surface area contributed by atoms with Crippen LogP contribution in [0, 0.1) is 11.7 Å². The van der Waals surface area contributed by atoms with E-state index in [1.165, 1.54) is 11.0 Å². The molecule has 0 radical (unpaired) electrons. The Balaban J connectivity index is 1.58. The van der Waals surface area contributed by atoms with Gasteiger partial charge < -0.3 is 10.2 Å². The van der Waals surface area contributed by atoms with E-state index in [2.05, 4.69) is 26.2 Å². The molecule has 2 amide bonds. The van der Waals surface area contributed by atoms with Crippen molar-refractivity contribution in [1.29, 1.82) is 0 Å². The Morgan fingerprint density at radius 3 is 2.92 bits per heavy atom. The molecule has 0 aliphatic carbocycles. The van der Waals surface area contributed by atoms with Gasteiger partial charge in [-0.25, -0.2) is 4.39 Å². The number of benzene rings is 1. The van der Waals surface area contributed by atoms with E-state index in [4.69, 9.17) is 0 Å². The second kappa shape index (κ2) is 7.74. The van der Waals surface area contributed by atoms with E-state index in [1.807, 2.05) is 18.2 Å². The molecule has 1 aliphatic rings. The topological polar surface area (TPSA) is 62.3 Å². The van der Waals surface area contributed by atoms with Crippen molar-refractivity contribution in [2.45, 2.75) is 12.8 Å². The Labute approximate surface area is 153 Å². The summed E-state index contributed by atoms with van der Waals surface area (Å²) in [5, 5.41) is 2.77. The molecule has 0 bridgehead atoms. The van der Waals surface area contributed by atoms with Crippen molar-refractivity contribution in [3.8, 4) is 0 Å². The number of pyridine rings is 1. The highest BCUT2D eigenvalue weighted by atomic mass is 79.9. The predicted octanol–water partition coefficient (Wildman–Crippen LogP) is 2.70. The van der Waals surface area contributed by atoms with Gasteiger partial charge in [0.05, 0.1) is 5.69 Å². The van der Waals surface area contributed by atoms with Crippen LogP contribution >= 0.6 is 15.9 Å². The number of hydrogen-bond donors (Lipinski definition) is 1. The summed E-state index contributed by atoms with van der Waals surface area (Å²) in [5.74, 6) is -1.94. The number of rotatable bonds is 5. The van der Waals surface area contributed by atoms with Gasteiger partial charge in [0, 0.05) is 35.9 Å². The van der Waals surface area contributed by atoms with Crippen LogP contribution in [0.15, 0.2) is 47.1 Å². The molecule has 5 nitrogen and oxygen atoms in total. The third kappa shape index (κ3) is 4.04. The van der Waals surface area contributed by atoms with E-state index >= 15 is 0 Å². The van der Waals surface area contributed by atoms with Crippen LogP contribution in [0.5, 0.6) is 0 Å². The van der Waals surface area contributed by atoms with Gasteiger partial charge in [0.15, 0.2) is 0 Å². The van der Waals surface area contributed by atoms with Gasteiger partial charge in [-0.05, 0) is 36.8 Å². The Morgan fingerprint density at radius 1 is 1.36 bits per heavy atom. The summed E-state index contributed by atoms with van der Waals surface area (Å²) in [7, 11) is 0. The van der Waals surface area contributed by atoms with Crippen LogP contribution in [0.2, 0.25) is 0 Å². The Morgan fingerprint density at radius 2 is 2.20 bits per heavy atom. The molecule has 130 valence electrons. The predicted molar refractivity (Wildman–Crippen MR) is 95.5 cm³/mol. The first-order chi connectivity index (χ1) is 12.1. The van der Waals surface area contributed by atoms with Crippen molar-refractivity contribution in [2.24, 2.45) is 5.92 Å². The van der Waals surface area contributed by atoms with E-state index < -0.39 is 11.7 Å². The fourth-order valence-electron chi connectivity index (χ4n) is 2.85. The molecule has 1 aromatic carbocycles. The van der Waals surface area contributed by atoms with E-state index in [0.29, 0.717) is 30.4 Å². The molecule has 0 saturated carbocycles. The molecule has 25 heavy (non-hydrogen) atoms. The van der Waals surface area contributed by atoms with E-state index in [9.17, 15) is 14.0 Å². The molecule has 2 aromatic rings. The lowest BCUT2D eigenvalue weighted by Crippen LogP contribution is -2.37. The van der Waals surface area contributed by atoms with E-state index in [0.717, 1.165) is 5.69 Å². The van der Waals surface area contributed by atoms with Gasteiger partial charge in [-0.2, -0.15) is 0 Å². The fourth-order valence-corrected chi connectivity index (χ4v) is 3.18. The lowest BCUT2D eigenvalue weighted by Gasteiger charge is -2.17. The Bertz CT molecular complexity index is 785. The van der Waals surface area contributed by atoms with Crippen molar-refractivity contribution in [1.82, 2.24) is 10.3 Å². The molecule has 1 aliphatic heterocycles. The van der Waals surface area contributed by atoms with Gasteiger partial charge >= 0.3 is 0 Å². The monoisotopic (exact) mass is 405 g/mol. The number of nitrogens with one attached hydrogen (secondary N) is 1. The van der Waals surface area contributed by atoms with Crippen LogP contribution in [-0.4, -0.2) is 29.9 Å². The minimum absolute atomic E-state index is 0.206. The quantitative estimate of drug-likeness (QED) is 0.777. The van der Waals surface area contributed by atoms with Crippen LogP contribution in [0.1, 0.15) is 12.1 Å². The summed E-state index contributed by atoms with van der Waals surface area (Å²) in [6, 6.07) is 10.1. The number of anilines is 1. The number of amides is 2. The third-order valence-electron chi connectivity index (χ3n) is 4.13. The van der Waals surface area contributed by atoms with Gasteiger partial charge in [0.1, 0.15) is 11.7 Å². The average molecular weight is 406 g/mol. The zero-order chi connectivity index (χ0) is 17.8. The third-order valence-corrected chi connectivity index (χ3v) is 4.62. The standard InChI is InChI=1S/C18H17BrFN3O2/c19-12-4-5-16(15(20)11-12)23-10-7-14(18(23)25)17(24)22-9-6-13-3-1-2-8-21-13/h1-5,8,11,14H,6-7,9-10H2,(H,22,24)/t14-/m1/s1. The van der Waals surface area contributed by atoms with Gasteiger partial charge in [-0.3, -0.25) is 14.6 Å². The first kappa shape index (κ1) is 17.5. The van der Waals surface area contributed by atoms with Crippen LogP contribution < -0.4 is 10.2 Å². The highest BCUT2D eigenvalue weighted by molar-refractivity contribution is 9.10. The van der Waals surface area contributed by atoms with Crippen molar-refractivity contribution in [2.75, 3.05) is 18.0 Å². The minimum atomic E-state index is -0.772. The molecule has 0 spiro atoms. The molecular formula is C18H17BrFN3O2. The van der Waals surface area contributed by atoms with Gasteiger partial charge in [-0.15, -0.1) is 0 Å². The largest absolute Gasteiger partial charge is 0.355 e. The SMILES string of the molecule is O=C(NCCc1ccccn1)[C@H]1CCN(c2ccc(Br)cc2F)C1=O. The zero-order valence-electron chi connectivity index (χ0n) is 13.4. The van der Waals surface area contributed by atoms with Crippen LogP contribution in [0.3, 0.4) is 0 Å². The summed E-state index contributed by atoms with van der Waals surface area (Å²) >= 11 is 3.19. The smallest absolute Gasteiger partial charge is 0.239 e. The number of carbonyl (C=O) groups is 2. The summed E-state index contributed by atoms with van der Waals surface area (Å²) in [6.45, 7) is 0.738. The normalized spacial score (nSPS) is 17.0. The maximum Gasteiger partial charge on any atom is 0.239 e. The Kier molecular flexibility index (Phi) is 5.43. The van der Waals surface area contributed by atoms with Gasteiger partial charge in [0.2, 0.25) is 11.8 Å². The lowest BCUT2D eigenvalue weighted by molar-refractivity contribution is -0.132. The molecule has 1 saturated heterocycles. The average Bonchev–Trinajstić information content (AvgIpc) is 2.97. The minimum Gasteiger partial charge on any atom is -0.355 e. The maximum atomic E-state index is 14.1. The number of halogens is 2. The summed E-state index contributed by atoms with van der Waals surface area (Å²) in [4.78, 5) is 30.3. The summed E-state index contributed by atoms with van der Waals surface area (Å²) in [5.41, 5.74) is 1.08. The van der Waals surface area contributed by atoms with Crippen LogP contribution in [-0.2, 0) is 16.0 Å². The highest BCUT2D eigenvalue weighted by Crippen LogP contribution is 2.29.